The van der Waals surface area contributed by atoms with Gasteiger partial charge in [0.25, 0.3) is 5.89 Å². The molecule has 3 aromatic rings. The molecule has 0 radical (unpaired) electrons. The van der Waals surface area contributed by atoms with Gasteiger partial charge in [-0.15, -0.1) is 0 Å². The van der Waals surface area contributed by atoms with E-state index in [1.807, 2.05) is 18.2 Å². The van der Waals surface area contributed by atoms with Gasteiger partial charge in [0.05, 0.1) is 0 Å². The van der Waals surface area contributed by atoms with Crippen molar-refractivity contribution in [3.63, 3.8) is 0 Å². The molecule has 134 valence electrons. The van der Waals surface area contributed by atoms with Crippen molar-refractivity contribution in [1.29, 1.82) is 0 Å². The number of carboxylic acid groups (broad SMARTS) is 1. The zero-order valence-corrected chi connectivity index (χ0v) is 14.9. The van der Waals surface area contributed by atoms with Gasteiger partial charge < -0.3 is 14.4 Å². The normalized spacial score (nSPS) is 11.3. The Kier molecular flexibility index (Phi) is 4.75. The molecule has 0 aliphatic carbocycles. The molecule has 1 aromatic heterocycles. The highest BCUT2D eigenvalue weighted by atomic mass is 16.5. The van der Waals surface area contributed by atoms with Gasteiger partial charge in [0.2, 0.25) is 5.82 Å². The van der Waals surface area contributed by atoms with Gasteiger partial charge in [-0.05, 0) is 35.2 Å². The van der Waals surface area contributed by atoms with Gasteiger partial charge in [-0.2, -0.15) is 4.98 Å². The molecule has 0 aliphatic heterocycles. The summed E-state index contributed by atoms with van der Waals surface area (Å²) < 4.78 is 10.6. The fraction of sp³-hybridized carbons (Fsp3) is 0.250. The summed E-state index contributed by atoms with van der Waals surface area (Å²) >= 11 is 0. The third-order valence-electron chi connectivity index (χ3n) is 3.88. The quantitative estimate of drug-likeness (QED) is 0.742. The number of aromatic nitrogens is 2. The maximum Gasteiger partial charge on any atom is 0.341 e. The third-order valence-corrected chi connectivity index (χ3v) is 3.88. The number of hydrogen-bond acceptors (Lipinski definition) is 5. The van der Waals surface area contributed by atoms with Gasteiger partial charge >= 0.3 is 5.97 Å². The monoisotopic (exact) mass is 352 g/mol. The van der Waals surface area contributed by atoms with Crippen LogP contribution in [0.3, 0.4) is 0 Å². The van der Waals surface area contributed by atoms with E-state index in [0.29, 0.717) is 23.0 Å². The van der Waals surface area contributed by atoms with Crippen LogP contribution in [0, 0.1) is 0 Å². The molecule has 1 heterocycles. The molecule has 0 aliphatic rings. The van der Waals surface area contributed by atoms with Crippen molar-refractivity contribution in [1.82, 2.24) is 10.1 Å². The number of carboxylic acids is 1. The third kappa shape index (κ3) is 4.08. The molecule has 26 heavy (non-hydrogen) atoms. The standard InChI is InChI=1S/C20H20N2O4/c1-20(2,3)15-9-7-13(8-10-15)19-21-18(22-26-19)14-5-4-6-16(11-14)25-12-17(23)24/h4-11H,12H2,1-3H3,(H,23,24). The fourth-order valence-electron chi connectivity index (χ4n) is 2.44. The Morgan fingerprint density at radius 3 is 2.50 bits per heavy atom. The zero-order chi connectivity index (χ0) is 18.7. The summed E-state index contributed by atoms with van der Waals surface area (Å²) in [6, 6.07) is 15.0. The van der Waals surface area contributed by atoms with Crippen LogP contribution in [0.1, 0.15) is 26.3 Å². The molecule has 0 bridgehead atoms. The zero-order valence-electron chi connectivity index (χ0n) is 14.9. The first kappa shape index (κ1) is 17.7. The van der Waals surface area contributed by atoms with E-state index in [9.17, 15) is 4.79 Å². The van der Waals surface area contributed by atoms with Crippen LogP contribution in [0.15, 0.2) is 53.1 Å². The van der Waals surface area contributed by atoms with Crippen molar-refractivity contribution in [2.45, 2.75) is 26.2 Å². The number of carbonyl (C=O) groups is 1. The molecule has 2 aromatic carbocycles. The van der Waals surface area contributed by atoms with Gasteiger partial charge in [0, 0.05) is 11.1 Å². The number of nitrogens with zero attached hydrogens (tertiary/aromatic N) is 2. The maximum absolute atomic E-state index is 10.6. The van der Waals surface area contributed by atoms with Crippen molar-refractivity contribution in [2.24, 2.45) is 0 Å². The van der Waals surface area contributed by atoms with Crippen molar-refractivity contribution in [2.75, 3.05) is 6.61 Å². The average Bonchev–Trinajstić information content (AvgIpc) is 3.10. The number of hydrogen-bond donors (Lipinski definition) is 1. The Balaban J connectivity index is 1.82. The second kappa shape index (κ2) is 7.00. The smallest absolute Gasteiger partial charge is 0.341 e. The predicted molar refractivity (Wildman–Crippen MR) is 97.0 cm³/mol. The van der Waals surface area contributed by atoms with Crippen LogP contribution in [0.5, 0.6) is 5.75 Å². The lowest BCUT2D eigenvalue weighted by molar-refractivity contribution is -0.139. The van der Waals surface area contributed by atoms with E-state index in [1.165, 1.54) is 5.56 Å². The largest absolute Gasteiger partial charge is 0.482 e. The minimum atomic E-state index is -1.03. The van der Waals surface area contributed by atoms with Crippen molar-refractivity contribution >= 4 is 5.97 Å². The summed E-state index contributed by atoms with van der Waals surface area (Å²) in [4.78, 5) is 15.0. The lowest BCUT2D eigenvalue weighted by Gasteiger charge is -2.18. The van der Waals surface area contributed by atoms with E-state index < -0.39 is 12.6 Å². The van der Waals surface area contributed by atoms with Gasteiger partial charge in [-0.25, -0.2) is 4.79 Å². The first-order valence-electron chi connectivity index (χ1n) is 8.22. The molecular formula is C20H20N2O4. The molecule has 0 fully saturated rings. The van der Waals surface area contributed by atoms with E-state index in [-0.39, 0.29) is 5.41 Å². The number of benzene rings is 2. The van der Waals surface area contributed by atoms with Crippen LogP contribution >= 0.6 is 0 Å². The van der Waals surface area contributed by atoms with Gasteiger partial charge in [-0.3, -0.25) is 0 Å². The van der Waals surface area contributed by atoms with Crippen molar-refractivity contribution in [3.8, 4) is 28.6 Å². The second-order valence-electron chi connectivity index (χ2n) is 6.96. The average molecular weight is 352 g/mol. The molecule has 6 heteroatoms. The summed E-state index contributed by atoms with van der Waals surface area (Å²) in [5.74, 6) is 0.250. The highest BCUT2D eigenvalue weighted by molar-refractivity contribution is 5.68. The molecule has 6 nitrogen and oxygen atoms in total. The molecule has 1 N–H and O–H groups in total. The highest BCUT2D eigenvalue weighted by Crippen LogP contribution is 2.27. The molecule has 0 spiro atoms. The van der Waals surface area contributed by atoms with Gasteiger partial charge in [-0.1, -0.05) is 50.2 Å². The van der Waals surface area contributed by atoms with E-state index in [0.717, 1.165) is 5.56 Å². The molecule has 0 saturated carbocycles. The Morgan fingerprint density at radius 2 is 1.85 bits per heavy atom. The van der Waals surface area contributed by atoms with Crippen LogP contribution in [0.2, 0.25) is 0 Å². The van der Waals surface area contributed by atoms with Crippen LogP contribution < -0.4 is 4.74 Å². The topological polar surface area (TPSA) is 85.5 Å². The Bertz CT molecular complexity index is 908. The van der Waals surface area contributed by atoms with E-state index in [2.05, 4.69) is 43.0 Å². The Morgan fingerprint density at radius 1 is 1.12 bits per heavy atom. The highest BCUT2D eigenvalue weighted by Gasteiger charge is 2.15. The SMILES string of the molecule is CC(C)(C)c1ccc(-c2nc(-c3cccc(OCC(=O)O)c3)no2)cc1. The van der Waals surface area contributed by atoms with Crippen LogP contribution in [0.25, 0.3) is 22.8 Å². The van der Waals surface area contributed by atoms with Crippen LogP contribution in [-0.2, 0) is 10.2 Å². The number of aliphatic carboxylic acids is 1. The van der Waals surface area contributed by atoms with E-state index in [1.54, 1.807) is 18.2 Å². The first-order chi connectivity index (χ1) is 12.3. The predicted octanol–water partition coefficient (Wildman–Crippen LogP) is 4.16. The lowest BCUT2D eigenvalue weighted by Crippen LogP contribution is -2.10. The first-order valence-corrected chi connectivity index (χ1v) is 8.22. The Hall–Kier alpha value is -3.15. The molecular weight excluding hydrogens is 332 g/mol. The van der Waals surface area contributed by atoms with Crippen LogP contribution in [-0.4, -0.2) is 27.8 Å². The second-order valence-corrected chi connectivity index (χ2v) is 6.96. The van der Waals surface area contributed by atoms with Crippen molar-refractivity contribution < 1.29 is 19.2 Å². The maximum atomic E-state index is 10.6. The summed E-state index contributed by atoms with van der Waals surface area (Å²) in [5, 5.41) is 12.7. The molecule has 0 saturated heterocycles. The summed E-state index contributed by atoms with van der Waals surface area (Å²) in [6.07, 6.45) is 0. The van der Waals surface area contributed by atoms with Gasteiger partial charge in [0.15, 0.2) is 6.61 Å². The summed E-state index contributed by atoms with van der Waals surface area (Å²) in [7, 11) is 0. The molecule has 0 amide bonds. The number of rotatable bonds is 5. The van der Waals surface area contributed by atoms with Crippen LogP contribution in [0.4, 0.5) is 0 Å². The fourth-order valence-corrected chi connectivity index (χ4v) is 2.44. The van der Waals surface area contributed by atoms with E-state index >= 15 is 0 Å². The minimum Gasteiger partial charge on any atom is -0.482 e. The van der Waals surface area contributed by atoms with Crippen molar-refractivity contribution in [3.05, 3.63) is 54.1 Å². The lowest BCUT2D eigenvalue weighted by atomic mass is 9.87. The molecule has 0 atom stereocenters. The summed E-state index contributed by atoms with van der Waals surface area (Å²) in [6.45, 7) is 6.08. The Labute approximate surface area is 151 Å². The van der Waals surface area contributed by atoms with Gasteiger partial charge in [0.1, 0.15) is 5.75 Å². The molecule has 0 unspecified atom stereocenters. The summed E-state index contributed by atoms with van der Waals surface area (Å²) in [5.41, 5.74) is 2.84. The minimum absolute atomic E-state index is 0.0783. The number of ether oxygens (including phenoxy) is 1. The van der Waals surface area contributed by atoms with E-state index in [4.69, 9.17) is 14.4 Å². The molecule has 3 rings (SSSR count).